The van der Waals surface area contributed by atoms with Crippen molar-refractivity contribution in [2.24, 2.45) is 17.8 Å². The van der Waals surface area contributed by atoms with Gasteiger partial charge in [0.15, 0.2) is 0 Å². The molecule has 0 saturated heterocycles. The minimum absolute atomic E-state index is 0.0617. The van der Waals surface area contributed by atoms with Gasteiger partial charge < -0.3 is 5.32 Å². The Bertz CT molecular complexity index is 1210. The van der Waals surface area contributed by atoms with Crippen molar-refractivity contribution in [3.05, 3.63) is 65.2 Å². The van der Waals surface area contributed by atoms with E-state index >= 15 is 0 Å². The summed E-state index contributed by atoms with van der Waals surface area (Å²) in [5.74, 6) is 2.25. The molecule has 37 heavy (non-hydrogen) atoms. The van der Waals surface area contributed by atoms with E-state index in [1.54, 1.807) is 0 Å². The van der Waals surface area contributed by atoms with Gasteiger partial charge in [0.2, 0.25) is 15.9 Å². The molecule has 6 heteroatoms. The number of carbonyl (C=O) groups excluding carboxylic acids is 1. The Kier molecular flexibility index (Phi) is 6.71. The summed E-state index contributed by atoms with van der Waals surface area (Å²) in [5.41, 5.74) is 4.45. The van der Waals surface area contributed by atoms with E-state index in [0.29, 0.717) is 5.69 Å². The molecular formula is C31H42N2O3S. The molecule has 4 saturated carbocycles. The van der Waals surface area contributed by atoms with Gasteiger partial charge in [-0.25, -0.2) is 8.42 Å². The summed E-state index contributed by atoms with van der Waals surface area (Å²) in [6.07, 6.45) is 9.16. The Balaban J connectivity index is 1.28. The predicted octanol–water partition coefficient (Wildman–Crippen LogP) is 6.10. The lowest BCUT2D eigenvalue weighted by molar-refractivity contribution is -0.120. The van der Waals surface area contributed by atoms with Gasteiger partial charge in [0.05, 0.1) is 18.0 Å². The fourth-order valence-electron chi connectivity index (χ4n) is 7.62. The first kappa shape index (κ1) is 26.3. The maximum Gasteiger partial charge on any atom is 0.241 e. The molecule has 4 fully saturated rings. The van der Waals surface area contributed by atoms with Crippen molar-refractivity contribution in [3.8, 4) is 0 Å². The van der Waals surface area contributed by atoms with Crippen molar-refractivity contribution in [3.63, 3.8) is 0 Å². The molecule has 0 aromatic heterocycles. The number of sulfonamides is 1. The van der Waals surface area contributed by atoms with Gasteiger partial charge in [-0.3, -0.25) is 9.10 Å². The predicted molar refractivity (Wildman–Crippen MR) is 150 cm³/mol. The highest BCUT2D eigenvalue weighted by Gasteiger charge is 2.51. The van der Waals surface area contributed by atoms with Crippen LogP contribution in [0.5, 0.6) is 0 Å². The Morgan fingerprint density at radius 3 is 1.92 bits per heavy atom. The number of amides is 1. The number of hydrogen-bond acceptors (Lipinski definition) is 3. The standard InChI is InChI=1S/C31H42N2O3S/c1-21(25-6-8-26(9-7-25)30(2,3)4)32-29(34)20-33(37(5,35)36)28-12-10-27(11-13-28)31-17-22-14-23(18-31)16-24(15-22)19-31/h6-13,21-24H,14-20H2,1-5H3,(H,32,34)/t21-,22?,23?,24?,31?/m0/s1. The van der Waals surface area contributed by atoms with E-state index in [1.807, 2.05) is 31.2 Å². The second-order valence-electron chi connectivity index (χ2n) is 13.2. The molecule has 4 aliphatic carbocycles. The average molecular weight is 523 g/mol. The van der Waals surface area contributed by atoms with Crippen molar-refractivity contribution in [2.45, 2.75) is 83.1 Å². The van der Waals surface area contributed by atoms with Crippen LogP contribution >= 0.6 is 0 Å². The highest BCUT2D eigenvalue weighted by Crippen LogP contribution is 2.60. The number of nitrogens with one attached hydrogen (secondary N) is 1. The molecule has 1 amide bonds. The second kappa shape index (κ2) is 9.44. The third kappa shape index (κ3) is 5.45. The van der Waals surface area contributed by atoms with Gasteiger partial charge in [-0.2, -0.15) is 0 Å². The van der Waals surface area contributed by atoms with Crippen molar-refractivity contribution >= 4 is 21.6 Å². The maximum absolute atomic E-state index is 13.0. The molecule has 0 heterocycles. The first-order chi connectivity index (χ1) is 17.3. The first-order valence-electron chi connectivity index (χ1n) is 13.8. The molecule has 0 unspecified atom stereocenters. The number of rotatable bonds is 7. The monoisotopic (exact) mass is 522 g/mol. The fraction of sp³-hybridized carbons (Fsp3) is 0.581. The summed E-state index contributed by atoms with van der Waals surface area (Å²) >= 11 is 0. The molecule has 0 aliphatic heterocycles. The Morgan fingerprint density at radius 1 is 0.946 bits per heavy atom. The highest BCUT2D eigenvalue weighted by atomic mass is 32.2. The summed E-state index contributed by atoms with van der Waals surface area (Å²) in [6.45, 7) is 8.20. The van der Waals surface area contributed by atoms with E-state index in [9.17, 15) is 13.2 Å². The summed E-state index contributed by atoms with van der Waals surface area (Å²) in [5, 5.41) is 2.98. The van der Waals surface area contributed by atoms with Crippen molar-refractivity contribution in [2.75, 3.05) is 17.1 Å². The van der Waals surface area contributed by atoms with Gasteiger partial charge in [0, 0.05) is 0 Å². The molecule has 2 aromatic carbocycles. The number of nitrogens with zero attached hydrogens (tertiary/aromatic N) is 1. The van der Waals surface area contributed by atoms with Gasteiger partial charge in [-0.15, -0.1) is 0 Å². The molecule has 0 spiro atoms. The van der Waals surface area contributed by atoms with Crippen LogP contribution in [0, 0.1) is 17.8 Å². The molecular weight excluding hydrogens is 480 g/mol. The van der Waals surface area contributed by atoms with Crippen LogP contribution in [-0.4, -0.2) is 27.1 Å². The van der Waals surface area contributed by atoms with Gasteiger partial charge in [0.1, 0.15) is 6.54 Å². The molecule has 4 aliphatic rings. The van der Waals surface area contributed by atoms with Crippen LogP contribution in [0.25, 0.3) is 0 Å². The van der Waals surface area contributed by atoms with Crippen molar-refractivity contribution < 1.29 is 13.2 Å². The largest absolute Gasteiger partial charge is 0.348 e. The SMILES string of the molecule is C[C@H](NC(=O)CN(c1ccc(C23CC4CC(CC(C4)C2)C3)cc1)S(C)(=O)=O)c1ccc(C(C)(C)C)cc1. The Labute approximate surface area is 223 Å². The van der Waals surface area contributed by atoms with E-state index in [0.717, 1.165) is 23.3 Å². The lowest BCUT2D eigenvalue weighted by Crippen LogP contribution is -2.48. The van der Waals surface area contributed by atoms with Crippen LogP contribution in [0.3, 0.4) is 0 Å². The second-order valence-corrected chi connectivity index (χ2v) is 15.1. The van der Waals surface area contributed by atoms with Gasteiger partial charge in [0.25, 0.3) is 0 Å². The number of hydrogen-bond donors (Lipinski definition) is 1. The molecule has 6 rings (SSSR count). The van der Waals surface area contributed by atoms with Crippen LogP contribution < -0.4 is 9.62 Å². The van der Waals surface area contributed by atoms with E-state index in [2.05, 4.69) is 50.4 Å². The first-order valence-corrected chi connectivity index (χ1v) is 15.7. The van der Waals surface area contributed by atoms with Gasteiger partial charge in [-0.05, 0) is 103 Å². The maximum atomic E-state index is 13.0. The quantitative estimate of drug-likeness (QED) is 0.478. The average Bonchev–Trinajstić information content (AvgIpc) is 2.80. The smallest absolute Gasteiger partial charge is 0.241 e. The minimum Gasteiger partial charge on any atom is -0.348 e. The lowest BCUT2D eigenvalue weighted by atomic mass is 9.48. The molecule has 5 nitrogen and oxygen atoms in total. The van der Waals surface area contributed by atoms with E-state index in [1.165, 1.54) is 60.2 Å². The molecule has 4 bridgehead atoms. The topological polar surface area (TPSA) is 66.5 Å². The van der Waals surface area contributed by atoms with Crippen molar-refractivity contribution in [1.82, 2.24) is 5.32 Å². The van der Waals surface area contributed by atoms with Crippen LogP contribution in [-0.2, 0) is 25.6 Å². The van der Waals surface area contributed by atoms with Gasteiger partial charge in [-0.1, -0.05) is 57.2 Å². The van der Waals surface area contributed by atoms with E-state index < -0.39 is 10.0 Å². The Hall–Kier alpha value is -2.34. The number of carbonyl (C=O) groups is 1. The highest BCUT2D eigenvalue weighted by molar-refractivity contribution is 7.92. The van der Waals surface area contributed by atoms with Crippen LogP contribution in [0.1, 0.15) is 89.0 Å². The lowest BCUT2D eigenvalue weighted by Gasteiger charge is -2.57. The Morgan fingerprint density at radius 2 is 1.46 bits per heavy atom. The zero-order valence-corrected chi connectivity index (χ0v) is 23.8. The van der Waals surface area contributed by atoms with Crippen LogP contribution in [0.2, 0.25) is 0 Å². The van der Waals surface area contributed by atoms with E-state index in [4.69, 9.17) is 0 Å². The molecule has 2 aromatic rings. The molecule has 1 atom stereocenters. The number of anilines is 1. The zero-order valence-electron chi connectivity index (χ0n) is 23.0. The van der Waals surface area contributed by atoms with Crippen LogP contribution in [0.4, 0.5) is 5.69 Å². The third-order valence-electron chi connectivity index (χ3n) is 9.15. The van der Waals surface area contributed by atoms with Crippen LogP contribution in [0.15, 0.2) is 48.5 Å². The molecule has 200 valence electrons. The molecule has 0 radical (unpaired) electrons. The minimum atomic E-state index is -3.62. The summed E-state index contributed by atoms with van der Waals surface area (Å²) < 4.78 is 26.6. The summed E-state index contributed by atoms with van der Waals surface area (Å²) in [7, 11) is -3.62. The molecule has 1 N–H and O–H groups in total. The summed E-state index contributed by atoms with van der Waals surface area (Å²) in [4.78, 5) is 13.0. The summed E-state index contributed by atoms with van der Waals surface area (Å²) in [6, 6.07) is 16.1. The zero-order chi connectivity index (χ0) is 26.6. The fourth-order valence-corrected chi connectivity index (χ4v) is 8.47. The third-order valence-corrected chi connectivity index (χ3v) is 10.3. The van der Waals surface area contributed by atoms with Crippen molar-refractivity contribution in [1.29, 1.82) is 0 Å². The van der Waals surface area contributed by atoms with E-state index in [-0.39, 0.29) is 29.3 Å². The normalized spacial score (nSPS) is 27.6. The number of benzene rings is 2. The van der Waals surface area contributed by atoms with Gasteiger partial charge >= 0.3 is 0 Å².